The van der Waals surface area contributed by atoms with E-state index in [-0.39, 0.29) is 29.5 Å². The molecule has 4 rings (SSSR count). The van der Waals surface area contributed by atoms with Gasteiger partial charge in [0.25, 0.3) is 0 Å². The summed E-state index contributed by atoms with van der Waals surface area (Å²) in [4.78, 5) is 0. The van der Waals surface area contributed by atoms with Crippen LogP contribution >= 0.6 is 11.6 Å². The Balaban J connectivity index is 0.000000181. The zero-order chi connectivity index (χ0) is 23.3. The quantitative estimate of drug-likeness (QED) is 0.320. The molecule has 4 aliphatic rings. The van der Waals surface area contributed by atoms with Crippen LogP contribution in [0.2, 0.25) is 5.82 Å². The van der Waals surface area contributed by atoms with E-state index in [1.165, 1.54) is 64.2 Å². The van der Waals surface area contributed by atoms with Gasteiger partial charge in [0.1, 0.15) is 0 Å². The highest BCUT2D eigenvalue weighted by Crippen LogP contribution is 2.43. The molecule has 2 saturated carbocycles. The topological polar surface area (TPSA) is 36.9 Å². The van der Waals surface area contributed by atoms with Crippen LogP contribution in [0.5, 0.6) is 0 Å². The Labute approximate surface area is 198 Å². The number of hydrogen-bond acceptors (Lipinski definition) is 4. The summed E-state index contributed by atoms with van der Waals surface area (Å²) in [6.45, 7) is 16.7. The van der Waals surface area contributed by atoms with Crippen LogP contribution in [-0.4, -0.2) is 42.6 Å². The van der Waals surface area contributed by atoms with Crippen LogP contribution in [0.4, 0.5) is 0 Å². The molecule has 2 saturated heterocycles. The summed E-state index contributed by atoms with van der Waals surface area (Å²) in [5.74, 6) is 0.625. The molecule has 0 aromatic heterocycles. The van der Waals surface area contributed by atoms with Crippen molar-refractivity contribution in [2.45, 2.75) is 153 Å². The fourth-order valence-electron chi connectivity index (χ4n) is 4.21. The first-order valence-electron chi connectivity index (χ1n) is 12.5. The van der Waals surface area contributed by atoms with Gasteiger partial charge < -0.3 is 18.6 Å². The third kappa shape index (κ3) is 7.64. The van der Waals surface area contributed by atoms with E-state index in [0.717, 1.165) is 0 Å². The molecule has 4 nitrogen and oxygen atoms in total. The molecule has 0 aromatic carbocycles. The predicted molar refractivity (Wildman–Crippen MR) is 133 cm³/mol. The van der Waals surface area contributed by atoms with Crippen molar-refractivity contribution in [1.29, 1.82) is 0 Å². The fourth-order valence-corrected chi connectivity index (χ4v) is 4.52. The minimum Gasteiger partial charge on any atom is -0.406 e. The van der Waals surface area contributed by atoms with E-state index in [4.69, 9.17) is 30.2 Å². The molecule has 0 bridgehead atoms. The summed E-state index contributed by atoms with van der Waals surface area (Å²) in [5, 5.41) is 0.508. The van der Waals surface area contributed by atoms with Gasteiger partial charge in [0.15, 0.2) is 0 Å². The third-order valence-corrected chi connectivity index (χ3v) is 8.57. The van der Waals surface area contributed by atoms with Crippen molar-refractivity contribution in [3.63, 3.8) is 0 Å². The molecule has 0 atom stereocenters. The Morgan fingerprint density at radius 1 is 0.613 bits per heavy atom. The van der Waals surface area contributed by atoms with E-state index < -0.39 is 0 Å². The van der Waals surface area contributed by atoms with Crippen LogP contribution < -0.4 is 0 Å². The van der Waals surface area contributed by atoms with E-state index in [0.29, 0.717) is 18.9 Å². The number of halogens is 1. The zero-order valence-electron chi connectivity index (χ0n) is 21.5. The molecule has 4 fully saturated rings. The first-order chi connectivity index (χ1) is 14.3. The van der Waals surface area contributed by atoms with Crippen LogP contribution in [0.1, 0.15) is 120 Å². The molecule has 0 N–H and O–H groups in total. The second-order valence-corrected chi connectivity index (χ2v) is 12.3. The van der Waals surface area contributed by atoms with Crippen molar-refractivity contribution in [3.8, 4) is 0 Å². The Kier molecular flexibility index (Phi) is 9.87. The van der Waals surface area contributed by atoms with E-state index in [2.05, 4.69) is 27.7 Å². The minimum atomic E-state index is -0.158. The van der Waals surface area contributed by atoms with Gasteiger partial charge in [-0.3, -0.25) is 0 Å². The van der Waals surface area contributed by atoms with Crippen LogP contribution in [0, 0.1) is 0 Å². The largest absolute Gasteiger partial charge is 0.461 e. The zero-order valence-corrected chi connectivity index (χ0v) is 22.3. The predicted octanol–water partition coefficient (Wildman–Crippen LogP) is 6.83. The summed E-state index contributed by atoms with van der Waals surface area (Å²) in [5.41, 5.74) is -0.579. The molecule has 0 unspecified atom stereocenters. The second kappa shape index (κ2) is 11.1. The molecule has 7 heteroatoms. The molecule has 180 valence electrons. The standard InChI is InChI=1S/C12H23BO2.C6H13BO2.C6H11Cl/c1-11(2)12(3,4)15-13(14-11)10-8-6-5-7-9-10;1-5(2)6(3,4)9-7-8-5;7-6-4-2-1-3-5-6/h10H,5-9H2,1-4H3;7H,1-4H3;6H,1-5H2. The molecule has 2 heterocycles. The van der Waals surface area contributed by atoms with Gasteiger partial charge in [0.2, 0.25) is 0 Å². The lowest BCUT2D eigenvalue weighted by Crippen LogP contribution is -2.41. The van der Waals surface area contributed by atoms with Gasteiger partial charge in [-0.15, -0.1) is 11.6 Å². The number of hydrogen-bond donors (Lipinski definition) is 0. The summed E-state index contributed by atoms with van der Waals surface area (Å²) in [6.07, 6.45) is 13.2. The van der Waals surface area contributed by atoms with E-state index in [9.17, 15) is 0 Å². The van der Waals surface area contributed by atoms with Crippen molar-refractivity contribution in [2.24, 2.45) is 0 Å². The van der Waals surface area contributed by atoms with Crippen molar-refractivity contribution in [1.82, 2.24) is 0 Å². The summed E-state index contributed by atoms with van der Waals surface area (Å²) < 4.78 is 22.8. The SMILES string of the molecule is CC1(C)OB(C2CCCCC2)OC1(C)C.CC1(C)OBOC1(C)C.ClC1CCCCC1. The normalized spacial score (nSPS) is 29.3. The Morgan fingerprint density at radius 3 is 1.29 bits per heavy atom. The van der Waals surface area contributed by atoms with Gasteiger partial charge in [-0.1, -0.05) is 51.4 Å². The van der Waals surface area contributed by atoms with Crippen LogP contribution in [0.3, 0.4) is 0 Å². The molecule has 2 aliphatic carbocycles. The van der Waals surface area contributed by atoms with Gasteiger partial charge >= 0.3 is 14.8 Å². The highest BCUT2D eigenvalue weighted by atomic mass is 35.5. The fraction of sp³-hybridized carbons (Fsp3) is 1.00. The first kappa shape index (κ1) is 27.5. The third-order valence-electron chi connectivity index (χ3n) is 8.13. The van der Waals surface area contributed by atoms with E-state index in [1.54, 1.807) is 0 Å². The molecule has 0 aromatic rings. The summed E-state index contributed by atoms with van der Waals surface area (Å²) in [6, 6.07) is 0. The van der Waals surface area contributed by atoms with Crippen molar-refractivity contribution < 1.29 is 18.6 Å². The summed E-state index contributed by atoms with van der Waals surface area (Å²) >= 11 is 5.82. The highest BCUT2D eigenvalue weighted by molar-refractivity contribution is 6.47. The number of alkyl halides is 1. The Hall–Kier alpha value is 0.260. The maximum atomic E-state index is 6.08. The molecule has 0 amide bonds. The molecule has 2 aliphatic heterocycles. The molecular formula is C24H47B2ClO4. The van der Waals surface area contributed by atoms with Gasteiger partial charge in [0.05, 0.1) is 22.4 Å². The lowest BCUT2D eigenvalue weighted by Gasteiger charge is -2.32. The van der Waals surface area contributed by atoms with Crippen LogP contribution in [0.15, 0.2) is 0 Å². The molecule has 31 heavy (non-hydrogen) atoms. The lowest BCUT2D eigenvalue weighted by molar-refractivity contribution is 0.00578. The first-order valence-corrected chi connectivity index (χ1v) is 13.0. The second-order valence-electron chi connectivity index (χ2n) is 11.7. The maximum absolute atomic E-state index is 6.08. The average molecular weight is 457 g/mol. The smallest absolute Gasteiger partial charge is 0.406 e. The molecular weight excluding hydrogens is 409 g/mol. The van der Waals surface area contributed by atoms with Crippen LogP contribution in [-0.2, 0) is 18.6 Å². The van der Waals surface area contributed by atoms with Gasteiger partial charge in [-0.05, 0) is 74.0 Å². The highest BCUT2D eigenvalue weighted by Gasteiger charge is 2.53. The Morgan fingerprint density at radius 2 is 1.00 bits per heavy atom. The van der Waals surface area contributed by atoms with Crippen molar-refractivity contribution >= 4 is 26.4 Å². The van der Waals surface area contributed by atoms with Crippen molar-refractivity contribution in [2.75, 3.05) is 0 Å². The molecule has 0 radical (unpaired) electrons. The van der Waals surface area contributed by atoms with E-state index >= 15 is 0 Å². The van der Waals surface area contributed by atoms with Crippen LogP contribution in [0.25, 0.3) is 0 Å². The van der Waals surface area contributed by atoms with Gasteiger partial charge in [-0.25, -0.2) is 0 Å². The van der Waals surface area contributed by atoms with Crippen molar-refractivity contribution in [3.05, 3.63) is 0 Å². The minimum absolute atomic E-state index is 0.0373. The lowest BCUT2D eigenvalue weighted by atomic mass is 9.64. The van der Waals surface area contributed by atoms with E-state index in [1.807, 2.05) is 27.7 Å². The average Bonchev–Trinajstić information content (AvgIpc) is 3.06. The monoisotopic (exact) mass is 456 g/mol. The van der Waals surface area contributed by atoms with Gasteiger partial charge in [0, 0.05) is 5.38 Å². The summed E-state index contributed by atoms with van der Waals surface area (Å²) in [7, 11) is 0.468. The molecule has 0 spiro atoms. The number of rotatable bonds is 1. The maximum Gasteiger partial charge on any atom is 0.461 e. The van der Waals surface area contributed by atoms with Gasteiger partial charge in [-0.2, -0.15) is 0 Å². The Bertz CT molecular complexity index is 512.